The van der Waals surface area contributed by atoms with Crippen LogP contribution in [0.15, 0.2) is 52.8 Å². The molecule has 0 unspecified atom stereocenters. The summed E-state index contributed by atoms with van der Waals surface area (Å²) in [4.78, 5) is 6.84. The van der Waals surface area contributed by atoms with Gasteiger partial charge in [-0.3, -0.25) is 5.41 Å². The summed E-state index contributed by atoms with van der Waals surface area (Å²) in [6.45, 7) is 1.20. The Balaban J connectivity index is 2.15. The number of nitrogens with two attached hydrogens (primary N) is 2. The van der Waals surface area contributed by atoms with E-state index < -0.39 is 0 Å². The summed E-state index contributed by atoms with van der Waals surface area (Å²) in [5.74, 6) is -0.0264. The molecule has 104 valence electrons. The van der Waals surface area contributed by atoms with Gasteiger partial charge in [0.05, 0.1) is 6.54 Å². The summed E-state index contributed by atoms with van der Waals surface area (Å²) in [6.07, 6.45) is 0. The topological polar surface area (TPSA) is 91.5 Å². The first-order valence-electron chi connectivity index (χ1n) is 6.14. The van der Waals surface area contributed by atoms with Crippen molar-refractivity contribution in [3.8, 4) is 0 Å². The number of thiophene rings is 1. The predicted molar refractivity (Wildman–Crippen MR) is 83.5 cm³/mol. The molecule has 0 saturated heterocycles. The maximum Gasteiger partial charge on any atom is 0.221 e. The van der Waals surface area contributed by atoms with Gasteiger partial charge in [0, 0.05) is 11.4 Å². The van der Waals surface area contributed by atoms with Gasteiger partial charge in [-0.25, -0.2) is 0 Å². The summed E-state index contributed by atoms with van der Waals surface area (Å²) in [7, 11) is 0. The smallest absolute Gasteiger partial charge is 0.221 e. The van der Waals surface area contributed by atoms with Crippen molar-refractivity contribution in [3.05, 3.63) is 58.3 Å². The zero-order valence-electron chi connectivity index (χ0n) is 11.0. The van der Waals surface area contributed by atoms with E-state index in [9.17, 15) is 0 Å². The first-order chi connectivity index (χ1) is 9.65. The number of hydrogen-bond acceptors (Lipinski definition) is 2. The highest BCUT2D eigenvalue weighted by atomic mass is 32.1. The molecule has 5 N–H and O–H groups in total. The summed E-state index contributed by atoms with van der Waals surface area (Å²) < 4.78 is 0. The van der Waals surface area contributed by atoms with Crippen LogP contribution in [0.3, 0.4) is 0 Å². The van der Waals surface area contributed by atoms with Crippen LogP contribution in [0.1, 0.15) is 10.4 Å². The molecular weight excluding hydrogens is 270 g/mol. The maximum atomic E-state index is 8.01. The van der Waals surface area contributed by atoms with Gasteiger partial charge in [0.15, 0.2) is 5.96 Å². The molecule has 0 bridgehead atoms. The fourth-order valence-corrected chi connectivity index (χ4v) is 2.51. The van der Waals surface area contributed by atoms with Crippen LogP contribution in [-0.2, 0) is 13.1 Å². The van der Waals surface area contributed by atoms with E-state index in [0.29, 0.717) is 13.1 Å². The number of guanidine groups is 2. The van der Waals surface area contributed by atoms with E-state index in [-0.39, 0.29) is 11.9 Å². The van der Waals surface area contributed by atoms with Crippen molar-refractivity contribution in [2.24, 2.45) is 16.5 Å². The Bertz CT molecular complexity index is 573. The lowest BCUT2D eigenvalue weighted by molar-refractivity contribution is 0.403. The van der Waals surface area contributed by atoms with Crippen LogP contribution >= 0.6 is 11.3 Å². The van der Waals surface area contributed by atoms with E-state index in [0.717, 1.165) is 10.4 Å². The number of benzene rings is 1. The molecule has 0 fully saturated rings. The molecule has 0 radical (unpaired) electrons. The van der Waals surface area contributed by atoms with E-state index in [1.165, 1.54) is 0 Å². The normalized spacial score (nSPS) is 10.0. The van der Waals surface area contributed by atoms with Gasteiger partial charge in [-0.2, -0.15) is 4.99 Å². The van der Waals surface area contributed by atoms with Crippen LogP contribution in [0.4, 0.5) is 0 Å². The Labute approximate surface area is 122 Å². The van der Waals surface area contributed by atoms with Crippen molar-refractivity contribution >= 4 is 23.3 Å². The molecule has 1 aromatic heterocycles. The Hall–Kier alpha value is -2.34. The average molecular weight is 287 g/mol. The SMILES string of the molecule is N=C(N=C(N)N)N(Cc1ccccc1)Cc1cccs1. The van der Waals surface area contributed by atoms with Crippen molar-refractivity contribution in [2.75, 3.05) is 0 Å². The monoisotopic (exact) mass is 287 g/mol. The highest BCUT2D eigenvalue weighted by Gasteiger charge is 2.11. The zero-order chi connectivity index (χ0) is 14.4. The van der Waals surface area contributed by atoms with Gasteiger partial charge in [-0.1, -0.05) is 36.4 Å². The molecule has 1 heterocycles. The average Bonchev–Trinajstić information content (AvgIpc) is 2.91. The van der Waals surface area contributed by atoms with Gasteiger partial charge in [0.25, 0.3) is 0 Å². The molecule has 0 aliphatic heterocycles. The van der Waals surface area contributed by atoms with Crippen LogP contribution in [-0.4, -0.2) is 16.8 Å². The van der Waals surface area contributed by atoms with Gasteiger partial charge in [0.2, 0.25) is 5.96 Å². The zero-order valence-corrected chi connectivity index (χ0v) is 11.8. The minimum atomic E-state index is -0.0979. The summed E-state index contributed by atoms with van der Waals surface area (Å²) in [5.41, 5.74) is 11.8. The maximum absolute atomic E-state index is 8.01. The largest absolute Gasteiger partial charge is 0.370 e. The molecule has 1 aromatic carbocycles. The molecule has 2 aromatic rings. The lowest BCUT2D eigenvalue weighted by atomic mass is 10.2. The summed E-state index contributed by atoms with van der Waals surface area (Å²) in [6, 6.07) is 14.0. The molecule has 0 aliphatic carbocycles. The van der Waals surface area contributed by atoms with E-state index in [1.54, 1.807) is 11.3 Å². The van der Waals surface area contributed by atoms with Crippen molar-refractivity contribution in [2.45, 2.75) is 13.1 Å². The third-order valence-corrected chi connectivity index (χ3v) is 3.54. The minimum Gasteiger partial charge on any atom is -0.370 e. The number of nitrogens with one attached hydrogen (secondary N) is 1. The Morgan fingerprint density at radius 2 is 1.85 bits per heavy atom. The Kier molecular flexibility index (Phi) is 4.73. The van der Waals surface area contributed by atoms with Gasteiger partial charge in [0.1, 0.15) is 0 Å². The van der Waals surface area contributed by atoms with E-state index in [4.69, 9.17) is 16.9 Å². The number of rotatable bonds is 4. The molecule has 20 heavy (non-hydrogen) atoms. The van der Waals surface area contributed by atoms with Crippen LogP contribution < -0.4 is 11.5 Å². The highest BCUT2D eigenvalue weighted by Crippen LogP contribution is 2.15. The van der Waals surface area contributed by atoms with E-state index in [2.05, 4.69) is 4.99 Å². The predicted octanol–water partition coefficient (Wildman–Crippen LogP) is 1.96. The standard InChI is InChI=1S/C14H17N5S/c15-13(16)18-14(17)19(10-12-7-4-8-20-12)9-11-5-2-1-3-6-11/h1-8H,9-10H2,(H5,15,16,17,18). The Morgan fingerprint density at radius 3 is 2.45 bits per heavy atom. The molecule has 5 nitrogen and oxygen atoms in total. The molecule has 0 amide bonds. The summed E-state index contributed by atoms with van der Waals surface area (Å²) in [5, 5.41) is 10.0. The second kappa shape index (κ2) is 6.72. The van der Waals surface area contributed by atoms with Crippen LogP contribution in [0.25, 0.3) is 0 Å². The lowest BCUT2D eigenvalue weighted by Crippen LogP contribution is -2.32. The van der Waals surface area contributed by atoms with Crippen LogP contribution in [0, 0.1) is 5.41 Å². The molecule has 0 spiro atoms. The second-order valence-corrected chi connectivity index (χ2v) is 5.31. The summed E-state index contributed by atoms with van der Waals surface area (Å²) >= 11 is 1.65. The molecule has 0 saturated carbocycles. The van der Waals surface area contributed by atoms with E-state index in [1.807, 2.05) is 52.7 Å². The molecule has 2 rings (SSSR count). The molecule has 0 atom stereocenters. The fraction of sp³-hybridized carbons (Fsp3) is 0.143. The van der Waals surface area contributed by atoms with E-state index >= 15 is 0 Å². The molecule has 0 aliphatic rings. The third-order valence-electron chi connectivity index (χ3n) is 2.68. The van der Waals surface area contributed by atoms with Gasteiger partial charge >= 0.3 is 0 Å². The van der Waals surface area contributed by atoms with Crippen molar-refractivity contribution in [1.82, 2.24) is 4.90 Å². The van der Waals surface area contributed by atoms with Crippen molar-refractivity contribution in [1.29, 1.82) is 5.41 Å². The van der Waals surface area contributed by atoms with Crippen LogP contribution in [0.5, 0.6) is 0 Å². The number of hydrogen-bond donors (Lipinski definition) is 3. The molecular formula is C14H17N5S. The highest BCUT2D eigenvalue weighted by molar-refractivity contribution is 7.09. The lowest BCUT2D eigenvalue weighted by Gasteiger charge is -2.22. The van der Waals surface area contributed by atoms with Gasteiger partial charge < -0.3 is 16.4 Å². The number of aliphatic imine (C=N–C) groups is 1. The Morgan fingerprint density at radius 1 is 1.10 bits per heavy atom. The first kappa shape index (κ1) is 14.1. The molecule has 6 heteroatoms. The van der Waals surface area contributed by atoms with Gasteiger partial charge in [-0.15, -0.1) is 11.3 Å². The minimum absolute atomic E-state index is 0.0715. The van der Waals surface area contributed by atoms with Crippen molar-refractivity contribution in [3.63, 3.8) is 0 Å². The first-order valence-corrected chi connectivity index (χ1v) is 7.02. The van der Waals surface area contributed by atoms with Gasteiger partial charge in [-0.05, 0) is 17.0 Å². The van der Waals surface area contributed by atoms with Crippen LogP contribution in [0.2, 0.25) is 0 Å². The van der Waals surface area contributed by atoms with Crippen molar-refractivity contribution < 1.29 is 0 Å². The second-order valence-electron chi connectivity index (χ2n) is 4.28. The quantitative estimate of drug-likeness (QED) is 0.593. The number of nitrogens with zero attached hydrogens (tertiary/aromatic N) is 2. The fourth-order valence-electron chi connectivity index (χ4n) is 1.79. The third kappa shape index (κ3) is 4.10.